The van der Waals surface area contributed by atoms with E-state index >= 15 is 0 Å². The maximum absolute atomic E-state index is 5.85. The number of benzene rings is 1. The van der Waals surface area contributed by atoms with Crippen molar-refractivity contribution in [3.8, 4) is 0 Å². The van der Waals surface area contributed by atoms with Gasteiger partial charge in [-0.05, 0) is 18.6 Å². The van der Waals surface area contributed by atoms with Gasteiger partial charge in [0.2, 0.25) is 0 Å². The Kier molecular flexibility index (Phi) is 3.86. The van der Waals surface area contributed by atoms with Gasteiger partial charge in [0, 0.05) is 35.5 Å². The van der Waals surface area contributed by atoms with Gasteiger partial charge in [-0.15, -0.1) is 11.8 Å². The molecule has 90 valence electrons. The van der Waals surface area contributed by atoms with E-state index in [0.29, 0.717) is 6.54 Å². The molecule has 0 spiro atoms. The SMILES string of the molecule is Cc1ccccc1SC(CN)c1cnn(C)c1. The van der Waals surface area contributed by atoms with Gasteiger partial charge in [0.15, 0.2) is 0 Å². The summed E-state index contributed by atoms with van der Waals surface area (Å²) in [7, 11) is 1.93. The summed E-state index contributed by atoms with van der Waals surface area (Å²) < 4.78 is 1.82. The first-order valence-corrected chi connectivity index (χ1v) is 6.49. The minimum Gasteiger partial charge on any atom is -0.329 e. The van der Waals surface area contributed by atoms with E-state index in [-0.39, 0.29) is 5.25 Å². The van der Waals surface area contributed by atoms with Crippen molar-refractivity contribution in [2.24, 2.45) is 12.8 Å². The number of aromatic nitrogens is 2. The average Bonchev–Trinajstić information content (AvgIpc) is 2.75. The molecule has 1 heterocycles. The lowest BCUT2D eigenvalue weighted by Gasteiger charge is -2.14. The van der Waals surface area contributed by atoms with Gasteiger partial charge < -0.3 is 5.73 Å². The van der Waals surface area contributed by atoms with Gasteiger partial charge in [-0.25, -0.2) is 0 Å². The summed E-state index contributed by atoms with van der Waals surface area (Å²) in [5.41, 5.74) is 8.33. The van der Waals surface area contributed by atoms with E-state index in [2.05, 4.69) is 36.3 Å². The smallest absolute Gasteiger partial charge is 0.0533 e. The third kappa shape index (κ3) is 2.90. The number of hydrogen-bond acceptors (Lipinski definition) is 3. The summed E-state index contributed by atoms with van der Waals surface area (Å²) in [5, 5.41) is 4.47. The van der Waals surface area contributed by atoms with Gasteiger partial charge in [0.05, 0.1) is 6.20 Å². The molecule has 3 nitrogen and oxygen atoms in total. The van der Waals surface area contributed by atoms with E-state index in [4.69, 9.17) is 5.73 Å². The third-order valence-corrected chi connectivity index (χ3v) is 4.13. The first kappa shape index (κ1) is 12.2. The molecule has 17 heavy (non-hydrogen) atoms. The second-order valence-corrected chi connectivity index (χ2v) is 5.30. The van der Waals surface area contributed by atoms with E-state index in [0.717, 1.165) is 0 Å². The van der Waals surface area contributed by atoms with Crippen LogP contribution in [0.5, 0.6) is 0 Å². The summed E-state index contributed by atoms with van der Waals surface area (Å²) in [5.74, 6) is 0. The van der Waals surface area contributed by atoms with Crippen LogP contribution in [-0.4, -0.2) is 16.3 Å². The Hall–Kier alpha value is -1.26. The first-order chi connectivity index (χ1) is 8.20. The Morgan fingerprint density at radius 2 is 2.18 bits per heavy atom. The first-order valence-electron chi connectivity index (χ1n) is 5.61. The predicted molar refractivity (Wildman–Crippen MR) is 72.0 cm³/mol. The highest BCUT2D eigenvalue weighted by Gasteiger charge is 2.14. The predicted octanol–water partition coefficient (Wildman–Crippen LogP) is 2.52. The van der Waals surface area contributed by atoms with Gasteiger partial charge in [0.1, 0.15) is 0 Å². The average molecular weight is 247 g/mol. The Balaban J connectivity index is 2.18. The van der Waals surface area contributed by atoms with Crippen LogP contribution < -0.4 is 5.73 Å². The van der Waals surface area contributed by atoms with E-state index in [1.807, 2.05) is 24.1 Å². The number of hydrogen-bond donors (Lipinski definition) is 1. The van der Waals surface area contributed by atoms with Crippen LogP contribution in [0.1, 0.15) is 16.4 Å². The Labute approximate surface area is 106 Å². The molecule has 0 saturated carbocycles. The Bertz CT molecular complexity index is 493. The number of thioether (sulfide) groups is 1. The van der Waals surface area contributed by atoms with Crippen molar-refractivity contribution < 1.29 is 0 Å². The second kappa shape index (κ2) is 5.38. The fourth-order valence-corrected chi connectivity index (χ4v) is 2.77. The van der Waals surface area contributed by atoms with E-state index in [1.165, 1.54) is 16.0 Å². The molecule has 1 aromatic carbocycles. The van der Waals surface area contributed by atoms with Crippen molar-refractivity contribution in [2.75, 3.05) is 6.54 Å². The molecule has 2 rings (SSSR count). The van der Waals surface area contributed by atoms with Crippen LogP contribution in [0, 0.1) is 6.92 Å². The molecule has 1 aromatic heterocycles. The van der Waals surface area contributed by atoms with Gasteiger partial charge in [-0.2, -0.15) is 5.10 Å². The van der Waals surface area contributed by atoms with Crippen LogP contribution >= 0.6 is 11.8 Å². The molecular formula is C13H17N3S. The van der Waals surface area contributed by atoms with Gasteiger partial charge >= 0.3 is 0 Å². The quantitative estimate of drug-likeness (QED) is 0.844. The molecule has 2 aromatic rings. The highest BCUT2D eigenvalue weighted by Crippen LogP contribution is 2.35. The van der Waals surface area contributed by atoms with Crippen LogP contribution in [0.2, 0.25) is 0 Å². The standard InChI is InChI=1S/C13H17N3S/c1-10-5-3-4-6-12(10)17-13(7-14)11-8-15-16(2)9-11/h3-6,8-9,13H,7,14H2,1-2H3. The second-order valence-electron chi connectivity index (χ2n) is 4.06. The van der Waals surface area contributed by atoms with Crippen molar-refractivity contribution >= 4 is 11.8 Å². The molecule has 1 atom stereocenters. The summed E-state index contributed by atoms with van der Waals surface area (Å²) in [6.45, 7) is 2.74. The highest BCUT2D eigenvalue weighted by atomic mass is 32.2. The number of nitrogens with two attached hydrogens (primary N) is 1. The summed E-state index contributed by atoms with van der Waals surface area (Å²) in [4.78, 5) is 1.28. The lowest BCUT2D eigenvalue weighted by molar-refractivity contribution is 0.766. The monoisotopic (exact) mass is 247 g/mol. The highest BCUT2D eigenvalue weighted by molar-refractivity contribution is 7.99. The lowest BCUT2D eigenvalue weighted by Crippen LogP contribution is -2.08. The fraction of sp³-hybridized carbons (Fsp3) is 0.308. The summed E-state index contributed by atoms with van der Waals surface area (Å²) in [6.07, 6.45) is 3.92. The molecule has 4 heteroatoms. The van der Waals surface area contributed by atoms with Gasteiger partial charge in [-0.1, -0.05) is 18.2 Å². The van der Waals surface area contributed by atoms with Crippen LogP contribution in [-0.2, 0) is 7.05 Å². The molecule has 0 aliphatic carbocycles. The van der Waals surface area contributed by atoms with Crippen molar-refractivity contribution in [3.05, 3.63) is 47.8 Å². The summed E-state index contributed by atoms with van der Waals surface area (Å²) >= 11 is 1.80. The zero-order chi connectivity index (χ0) is 12.3. The summed E-state index contributed by atoms with van der Waals surface area (Å²) in [6, 6.07) is 8.38. The van der Waals surface area contributed by atoms with Crippen molar-refractivity contribution in [2.45, 2.75) is 17.1 Å². The van der Waals surface area contributed by atoms with Gasteiger partial charge in [-0.3, -0.25) is 4.68 Å². The largest absolute Gasteiger partial charge is 0.329 e. The molecule has 0 aliphatic rings. The molecule has 0 saturated heterocycles. The van der Waals surface area contributed by atoms with Crippen molar-refractivity contribution in [1.82, 2.24) is 9.78 Å². The molecule has 0 fully saturated rings. The maximum Gasteiger partial charge on any atom is 0.0533 e. The van der Waals surface area contributed by atoms with Crippen LogP contribution in [0.3, 0.4) is 0 Å². The zero-order valence-electron chi connectivity index (χ0n) is 10.1. The van der Waals surface area contributed by atoms with Gasteiger partial charge in [0.25, 0.3) is 0 Å². The molecule has 0 radical (unpaired) electrons. The molecule has 1 unspecified atom stereocenters. The third-order valence-electron chi connectivity index (χ3n) is 2.67. The van der Waals surface area contributed by atoms with Crippen molar-refractivity contribution in [1.29, 1.82) is 0 Å². The zero-order valence-corrected chi connectivity index (χ0v) is 10.9. The van der Waals surface area contributed by atoms with E-state index < -0.39 is 0 Å². The minimum atomic E-state index is 0.268. The van der Waals surface area contributed by atoms with Crippen LogP contribution in [0.15, 0.2) is 41.6 Å². The topological polar surface area (TPSA) is 43.8 Å². The van der Waals surface area contributed by atoms with Crippen LogP contribution in [0.4, 0.5) is 0 Å². The normalized spacial score (nSPS) is 12.6. The molecule has 0 bridgehead atoms. The fourth-order valence-electron chi connectivity index (χ4n) is 1.70. The van der Waals surface area contributed by atoms with Crippen LogP contribution in [0.25, 0.3) is 0 Å². The van der Waals surface area contributed by atoms with E-state index in [9.17, 15) is 0 Å². The van der Waals surface area contributed by atoms with Crippen molar-refractivity contribution in [3.63, 3.8) is 0 Å². The Morgan fingerprint density at radius 3 is 2.76 bits per heavy atom. The Morgan fingerprint density at radius 1 is 1.41 bits per heavy atom. The molecule has 2 N–H and O–H groups in total. The number of aryl methyl sites for hydroxylation is 2. The molecule has 0 aliphatic heterocycles. The number of nitrogens with zero attached hydrogens (tertiary/aromatic N) is 2. The van der Waals surface area contributed by atoms with E-state index in [1.54, 1.807) is 11.8 Å². The minimum absolute atomic E-state index is 0.268. The molecule has 0 amide bonds. The molecular weight excluding hydrogens is 230 g/mol. The maximum atomic E-state index is 5.85. The lowest BCUT2D eigenvalue weighted by atomic mass is 10.2. The number of rotatable bonds is 4.